The molecule has 0 aliphatic rings. The summed E-state index contributed by atoms with van der Waals surface area (Å²) in [5.41, 5.74) is 3.26. The SMILES string of the molecule is COC(=O)c1ccc(-c2ccc(Nc3nc4ccc(F)cc4s3)c(F)c2)cc1F.COC(=O)c1ccc(B(O)O)cc1F.Fc1ccc2nc(Nc3ccc(Br)cc3F)sc2c1.O=C(O)c1ccc(-c2ccc(Nc3nc4ccc(F)cc4s3)c(F)c2)cc1F. The highest BCUT2D eigenvalue weighted by molar-refractivity contribution is 9.10. The molecule has 0 saturated heterocycles. The van der Waals surface area contributed by atoms with E-state index in [2.05, 4.69) is 56.3 Å². The smallest absolute Gasteiger partial charge is 0.478 e. The minimum atomic E-state index is -1.75. The molecule has 0 aliphatic carbocycles. The lowest BCUT2D eigenvalue weighted by molar-refractivity contribution is 0.0586. The molecule has 90 heavy (non-hydrogen) atoms. The van der Waals surface area contributed by atoms with Crippen LogP contribution >= 0.6 is 49.9 Å². The second kappa shape index (κ2) is 28.6. The summed E-state index contributed by atoms with van der Waals surface area (Å²) in [6.07, 6.45) is 0. The van der Waals surface area contributed by atoms with Crippen molar-refractivity contribution >= 4 is 144 Å². The average Bonchev–Trinajstić information content (AvgIpc) is 3.40. The number of carbonyl (C=O) groups excluding carboxylic acids is 2. The molecule has 456 valence electrons. The number of methoxy groups -OCH3 is 2. The Labute approximate surface area is 523 Å². The first-order chi connectivity index (χ1) is 43.0. The second-order valence-corrected chi connectivity index (χ2v) is 22.6. The summed E-state index contributed by atoms with van der Waals surface area (Å²) in [6.45, 7) is 0. The van der Waals surface area contributed by atoms with Gasteiger partial charge in [0.05, 0.1) is 78.6 Å². The Bertz CT molecular complexity index is 4700. The highest BCUT2D eigenvalue weighted by Crippen LogP contribution is 2.35. The van der Waals surface area contributed by atoms with E-state index in [0.29, 0.717) is 73.8 Å². The van der Waals surface area contributed by atoms with E-state index in [4.69, 9.17) is 15.2 Å². The standard InChI is InChI=1S/C21H13F3N2O2S.C20H11F3N2O2S.C13H7BrF2N2S.C8H8BFO4/c1-28-20(27)14-5-2-11(8-15(14)23)12-3-6-17(16(24)9-12)25-21-26-18-7-4-13(22)10-19(18)29-21;21-12-3-6-17-18(9-12)28-20(25-17)24-16-5-2-11(8-15(16)23)10-1-4-13(19(26)27)14(22)7-10;14-7-1-3-10(9(16)5-7)17-13-18-11-4-2-8(15)6-12(11)19-13;1-14-8(11)6-3-2-5(9(12)13)4-7(6)10/h2-10H,1H3,(H,25,26);1-9H,(H,24,25)(H,26,27);1-6H,(H,17,18);2-4,12-13H,1H3. The Morgan fingerprint density at radius 3 is 1.09 bits per heavy atom. The molecule has 0 aliphatic heterocycles. The maximum atomic E-state index is 14.6. The van der Waals surface area contributed by atoms with Gasteiger partial charge >= 0.3 is 25.0 Å². The van der Waals surface area contributed by atoms with Gasteiger partial charge in [0.1, 0.15) is 52.4 Å². The van der Waals surface area contributed by atoms with E-state index in [1.807, 2.05) is 0 Å². The number of aromatic carboxylic acids is 1. The molecule has 28 heteroatoms. The topological polar surface area (TPSA) is 205 Å². The molecule has 9 aromatic carbocycles. The summed E-state index contributed by atoms with van der Waals surface area (Å²) in [5.74, 6) is -8.03. The van der Waals surface area contributed by atoms with Gasteiger partial charge in [-0.2, -0.15) is 0 Å². The van der Waals surface area contributed by atoms with Gasteiger partial charge < -0.3 is 40.6 Å². The zero-order valence-corrected chi connectivity index (χ0v) is 49.9. The minimum absolute atomic E-state index is 0.0184. The monoisotopic (exact) mass is 1350 g/mol. The van der Waals surface area contributed by atoms with E-state index in [-0.39, 0.29) is 51.2 Å². The normalized spacial score (nSPS) is 10.7. The third-order valence-corrected chi connectivity index (χ3v) is 15.9. The van der Waals surface area contributed by atoms with Gasteiger partial charge in [0.15, 0.2) is 15.4 Å². The van der Waals surface area contributed by atoms with Crippen molar-refractivity contribution in [1.82, 2.24) is 15.0 Å². The lowest BCUT2D eigenvalue weighted by Crippen LogP contribution is -2.30. The molecule has 12 rings (SSSR count). The number of halogens is 10. The van der Waals surface area contributed by atoms with E-state index in [1.165, 1.54) is 132 Å². The van der Waals surface area contributed by atoms with Crippen molar-refractivity contribution in [2.24, 2.45) is 0 Å². The molecule has 0 bridgehead atoms. The molecule has 0 radical (unpaired) electrons. The fraction of sp³-hybridized carbons (Fsp3) is 0.0323. The van der Waals surface area contributed by atoms with Crippen molar-refractivity contribution in [3.63, 3.8) is 0 Å². The number of aromatic nitrogens is 3. The Kier molecular flexibility index (Phi) is 20.6. The van der Waals surface area contributed by atoms with E-state index >= 15 is 0 Å². The number of carbonyl (C=O) groups is 3. The van der Waals surface area contributed by atoms with Crippen LogP contribution in [0.2, 0.25) is 0 Å². The van der Waals surface area contributed by atoms with E-state index in [9.17, 15) is 53.9 Å². The van der Waals surface area contributed by atoms with Crippen LogP contribution in [0.4, 0.5) is 72.0 Å². The van der Waals surface area contributed by atoms with Crippen LogP contribution in [-0.4, -0.2) is 69.4 Å². The Balaban J connectivity index is 0.000000147. The van der Waals surface area contributed by atoms with E-state index in [0.717, 1.165) is 42.1 Å². The maximum absolute atomic E-state index is 14.6. The van der Waals surface area contributed by atoms with Crippen molar-refractivity contribution in [3.8, 4) is 22.3 Å². The molecule has 3 aromatic heterocycles. The number of esters is 2. The van der Waals surface area contributed by atoms with Crippen LogP contribution in [0.3, 0.4) is 0 Å². The summed E-state index contributed by atoms with van der Waals surface area (Å²) in [6, 6.07) is 36.9. The fourth-order valence-electron chi connectivity index (χ4n) is 8.19. The summed E-state index contributed by atoms with van der Waals surface area (Å²) in [4.78, 5) is 46.2. The van der Waals surface area contributed by atoms with Crippen molar-refractivity contribution in [2.75, 3.05) is 30.2 Å². The van der Waals surface area contributed by atoms with Gasteiger partial charge in [-0.1, -0.05) is 80.3 Å². The van der Waals surface area contributed by atoms with Gasteiger partial charge in [-0.15, -0.1) is 0 Å². The van der Waals surface area contributed by atoms with Crippen LogP contribution in [0.25, 0.3) is 52.9 Å². The molecule has 6 N–H and O–H groups in total. The lowest BCUT2D eigenvalue weighted by atomic mass is 9.80. The molecular weight excluding hydrogens is 1310 g/mol. The Morgan fingerprint density at radius 1 is 0.422 bits per heavy atom. The van der Waals surface area contributed by atoms with Crippen LogP contribution in [0.5, 0.6) is 0 Å². The quantitative estimate of drug-likeness (QED) is 0.0383. The number of anilines is 6. The molecule has 0 atom stereocenters. The van der Waals surface area contributed by atoms with Gasteiger partial charge in [-0.05, 0) is 161 Å². The number of hydrogen-bond donors (Lipinski definition) is 6. The van der Waals surface area contributed by atoms with Crippen LogP contribution in [-0.2, 0) is 9.47 Å². The average molecular weight is 1350 g/mol. The van der Waals surface area contributed by atoms with Crippen LogP contribution in [0.1, 0.15) is 31.1 Å². The third kappa shape index (κ3) is 15.9. The van der Waals surface area contributed by atoms with Crippen molar-refractivity contribution in [2.45, 2.75) is 0 Å². The minimum Gasteiger partial charge on any atom is -0.478 e. The fourth-order valence-corrected chi connectivity index (χ4v) is 11.2. The number of carboxylic acid groups (broad SMARTS) is 1. The summed E-state index contributed by atoms with van der Waals surface area (Å²) < 4.78 is 135. The first-order valence-corrected chi connectivity index (χ1v) is 29.0. The number of fused-ring (bicyclic) bond motifs is 3. The van der Waals surface area contributed by atoms with Gasteiger partial charge in [0, 0.05) is 4.47 Å². The molecular formula is C62H39BBrF9N6O8S3. The van der Waals surface area contributed by atoms with Gasteiger partial charge in [0.2, 0.25) is 0 Å². The number of thiazole rings is 3. The maximum Gasteiger partial charge on any atom is 0.488 e. The molecule has 14 nitrogen and oxygen atoms in total. The van der Waals surface area contributed by atoms with Crippen molar-refractivity contribution < 1.29 is 78.5 Å². The molecule has 0 amide bonds. The molecule has 0 fully saturated rings. The number of nitrogens with zero attached hydrogens (tertiary/aromatic N) is 3. The highest BCUT2D eigenvalue weighted by Gasteiger charge is 2.19. The van der Waals surface area contributed by atoms with Crippen molar-refractivity contribution in [3.05, 3.63) is 237 Å². The zero-order chi connectivity index (χ0) is 64.5. The lowest BCUT2D eigenvalue weighted by Gasteiger charge is -2.08. The van der Waals surface area contributed by atoms with Crippen LogP contribution in [0, 0.1) is 52.4 Å². The largest absolute Gasteiger partial charge is 0.488 e. The molecule has 0 saturated carbocycles. The second-order valence-electron chi connectivity index (χ2n) is 18.6. The van der Waals surface area contributed by atoms with Crippen molar-refractivity contribution in [1.29, 1.82) is 0 Å². The number of nitrogens with one attached hydrogen (secondary N) is 3. The van der Waals surface area contributed by atoms with Crippen LogP contribution < -0.4 is 21.4 Å². The third-order valence-electron chi connectivity index (χ3n) is 12.6. The first kappa shape index (κ1) is 64.8. The summed E-state index contributed by atoms with van der Waals surface area (Å²) >= 11 is 6.86. The predicted molar refractivity (Wildman–Crippen MR) is 332 cm³/mol. The number of rotatable bonds is 12. The highest BCUT2D eigenvalue weighted by atomic mass is 79.9. The zero-order valence-electron chi connectivity index (χ0n) is 45.9. The Morgan fingerprint density at radius 2 is 0.756 bits per heavy atom. The molecule has 0 unspecified atom stereocenters. The summed E-state index contributed by atoms with van der Waals surface area (Å²) in [7, 11) is 0.547. The number of carboxylic acids is 1. The van der Waals surface area contributed by atoms with Gasteiger partial charge in [-0.3, -0.25) is 0 Å². The first-order valence-electron chi connectivity index (χ1n) is 25.7. The molecule has 0 spiro atoms. The van der Waals surface area contributed by atoms with Crippen LogP contribution in [0.15, 0.2) is 168 Å². The summed E-state index contributed by atoms with van der Waals surface area (Å²) in [5, 5.41) is 36.3. The molecule has 3 heterocycles. The van der Waals surface area contributed by atoms with Gasteiger partial charge in [0.25, 0.3) is 0 Å². The number of benzene rings is 9. The Hall–Kier alpha value is -9.71. The number of hydrogen-bond acceptors (Lipinski definition) is 16. The predicted octanol–water partition coefficient (Wildman–Crippen LogP) is 16.1. The number of ether oxygens (including phenoxy) is 2. The van der Waals surface area contributed by atoms with E-state index in [1.54, 1.807) is 42.5 Å². The van der Waals surface area contributed by atoms with E-state index < -0.39 is 59.7 Å². The molecule has 12 aromatic rings. The van der Waals surface area contributed by atoms with Gasteiger partial charge in [-0.25, -0.2) is 68.8 Å².